The normalized spacial score (nSPS) is 10.9. The largest absolute Gasteiger partial charge is 0.305 e. The molecule has 0 N–H and O–H groups in total. The molecule has 60 heavy (non-hydrogen) atoms. The van der Waals surface area contributed by atoms with Crippen LogP contribution in [0.15, 0.2) is 160 Å². The molecule has 0 radical (unpaired) electrons. The average molecular weight is 817 g/mol. The number of hydrogen-bond acceptors (Lipinski definition) is 6. The van der Waals surface area contributed by atoms with Crippen molar-refractivity contribution in [3.8, 4) is 33.8 Å². The molecule has 300 valence electrons. The number of para-hydroxylation sites is 6. The molecule has 0 spiro atoms. The molecule has 3 heterocycles. The van der Waals surface area contributed by atoms with E-state index in [2.05, 4.69) is 15.0 Å². The smallest absolute Gasteiger partial charge is 0.277 e. The van der Waals surface area contributed by atoms with Crippen LogP contribution in [0.1, 0.15) is 26.3 Å². The van der Waals surface area contributed by atoms with Crippen LogP contribution in [0, 0.1) is 12.7 Å². The maximum Gasteiger partial charge on any atom is 0.277 e. The van der Waals surface area contributed by atoms with Gasteiger partial charge in [-0.2, -0.15) is 0 Å². The van der Waals surface area contributed by atoms with Crippen LogP contribution in [0.3, 0.4) is 0 Å². The Morgan fingerprint density at radius 2 is 0.817 bits per heavy atom. The summed E-state index contributed by atoms with van der Waals surface area (Å²) in [5.74, 6) is -0.328. The number of nitrogens with zero attached hydrogens (tertiary/aromatic N) is 6. The van der Waals surface area contributed by atoms with Gasteiger partial charge in [0.2, 0.25) is 0 Å². The summed E-state index contributed by atoms with van der Waals surface area (Å²) in [6.45, 7) is 9.68. The minimum absolute atomic E-state index is 0.0324. The molecule has 0 atom stereocenters. The zero-order valence-electron chi connectivity index (χ0n) is 33.6. The molecule has 0 aliphatic heterocycles. The van der Waals surface area contributed by atoms with E-state index < -0.39 is 0 Å². The molecule has 9 rings (SSSR count). The molecular formula is C49H42ClFN6O3. The first kappa shape index (κ1) is 41.1. The lowest BCUT2D eigenvalue weighted by Gasteiger charge is -2.11. The van der Waals surface area contributed by atoms with Crippen molar-refractivity contribution in [1.29, 1.82) is 0 Å². The fourth-order valence-electron chi connectivity index (χ4n) is 7.04. The van der Waals surface area contributed by atoms with Crippen LogP contribution in [0.2, 0.25) is 5.02 Å². The fraction of sp³-hybridized carbons (Fsp3) is 0.143. The molecule has 0 amide bonds. The second kappa shape index (κ2) is 18.3. The summed E-state index contributed by atoms with van der Waals surface area (Å²) in [4.78, 5) is 51.2. The topological polar surface area (TPSA) is 105 Å². The first-order chi connectivity index (χ1) is 29.1. The van der Waals surface area contributed by atoms with Gasteiger partial charge in [-0.05, 0) is 94.4 Å². The number of hydrogen-bond donors (Lipinski definition) is 0. The lowest BCUT2D eigenvalue weighted by molar-refractivity contribution is 0.628. The Kier molecular flexibility index (Phi) is 12.5. The predicted molar refractivity (Wildman–Crippen MR) is 241 cm³/mol. The van der Waals surface area contributed by atoms with E-state index in [1.807, 2.05) is 143 Å². The molecule has 0 saturated carbocycles. The molecule has 0 aliphatic rings. The van der Waals surface area contributed by atoms with Crippen molar-refractivity contribution >= 4 is 44.7 Å². The third-order valence-corrected chi connectivity index (χ3v) is 10.4. The van der Waals surface area contributed by atoms with Crippen LogP contribution in [0.5, 0.6) is 0 Å². The molecule has 0 aliphatic carbocycles. The summed E-state index contributed by atoms with van der Waals surface area (Å²) in [5, 5.41) is 0.537. The summed E-state index contributed by atoms with van der Waals surface area (Å²) >= 11 is 6.19. The third kappa shape index (κ3) is 8.41. The first-order valence-corrected chi connectivity index (χ1v) is 20.1. The van der Waals surface area contributed by atoms with E-state index in [0.29, 0.717) is 52.9 Å². The van der Waals surface area contributed by atoms with Crippen molar-refractivity contribution in [3.05, 3.63) is 193 Å². The SMILES string of the molecule is CCn1c(=O)c(-c2ccc(C)cc2)nc2ccccc21.CCn1c(=O)c(-c2ccc(F)cc2)nc2ccccc21.CCn1c(=O)c(-c2ccccc2Cl)nc2ccccc21. The highest BCUT2D eigenvalue weighted by atomic mass is 35.5. The van der Waals surface area contributed by atoms with E-state index in [4.69, 9.17) is 11.6 Å². The Morgan fingerprint density at radius 1 is 0.467 bits per heavy atom. The van der Waals surface area contributed by atoms with E-state index in [0.717, 1.165) is 38.7 Å². The van der Waals surface area contributed by atoms with E-state index in [-0.39, 0.29) is 22.5 Å². The lowest BCUT2D eigenvalue weighted by Crippen LogP contribution is -2.23. The molecule has 0 fully saturated rings. The van der Waals surface area contributed by atoms with Crippen molar-refractivity contribution in [1.82, 2.24) is 28.7 Å². The second-order valence-electron chi connectivity index (χ2n) is 13.8. The van der Waals surface area contributed by atoms with Gasteiger partial charge in [-0.25, -0.2) is 19.3 Å². The van der Waals surface area contributed by atoms with E-state index >= 15 is 0 Å². The van der Waals surface area contributed by atoms with Gasteiger partial charge in [-0.1, -0.05) is 96.0 Å². The summed E-state index contributed by atoms with van der Waals surface area (Å²) in [6.07, 6.45) is 0. The van der Waals surface area contributed by atoms with Gasteiger partial charge in [0.15, 0.2) is 0 Å². The van der Waals surface area contributed by atoms with Gasteiger partial charge < -0.3 is 13.7 Å². The molecule has 3 aromatic heterocycles. The fourth-order valence-corrected chi connectivity index (χ4v) is 7.27. The minimum Gasteiger partial charge on any atom is -0.305 e. The Morgan fingerprint density at radius 3 is 1.23 bits per heavy atom. The van der Waals surface area contributed by atoms with E-state index in [9.17, 15) is 18.8 Å². The molecule has 0 saturated heterocycles. The molecule has 0 bridgehead atoms. The van der Waals surface area contributed by atoms with Crippen LogP contribution >= 0.6 is 11.6 Å². The van der Waals surface area contributed by atoms with E-state index in [1.54, 1.807) is 31.9 Å². The number of rotatable bonds is 6. The highest BCUT2D eigenvalue weighted by Crippen LogP contribution is 2.25. The molecular weight excluding hydrogens is 775 g/mol. The van der Waals surface area contributed by atoms with Crippen LogP contribution < -0.4 is 16.7 Å². The second-order valence-corrected chi connectivity index (χ2v) is 14.3. The molecule has 9 aromatic rings. The Hall–Kier alpha value is -7.04. The minimum atomic E-state index is -0.328. The van der Waals surface area contributed by atoms with Crippen LogP contribution in [0.25, 0.3) is 66.9 Å². The summed E-state index contributed by atoms with van der Waals surface area (Å²) in [5.41, 5.74) is 9.26. The van der Waals surface area contributed by atoms with Gasteiger partial charge in [-0.3, -0.25) is 14.4 Å². The third-order valence-electron chi connectivity index (χ3n) is 10.1. The number of aryl methyl sites for hydroxylation is 4. The standard InChI is InChI=1S/C17H16N2O.C16H13ClN2O.C16H13FN2O/c1-3-19-15-7-5-4-6-14(15)18-16(17(19)20)13-10-8-12(2)9-11-13;1-2-19-14-10-6-5-9-13(14)18-15(16(19)20)11-7-3-4-8-12(11)17;1-2-19-14-6-4-3-5-13(14)18-15(16(19)20)11-7-9-12(17)10-8-11/h4-11H,3H2,1-2H3;2*3-10H,2H2,1H3. The first-order valence-electron chi connectivity index (χ1n) is 19.7. The van der Waals surface area contributed by atoms with Crippen molar-refractivity contribution < 1.29 is 4.39 Å². The van der Waals surface area contributed by atoms with Gasteiger partial charge in [-0.15, -0.1) is 0 Å². The quantitative estimate of drug-likeness (QED) is 0.166. The van der Waals surface area contributed by atoms with Crippen molar-refractivity contribution in [2.75, 3.05) is 0 Å². The van der Waals surface area contributed by atoms with Crippen molar-refractivity contribution in [2.24, 2.45) is 0 Å². The van der Waals surface area contributed by atoms with E-state index in [1.165, 1.54) is 17.7 Å². The zero-order valence-corrected chi connectivity index (χ0v) is 34.4. The number of fused-ring (bicyclic) bond motifs is 3. The van der Waals surface area contributed by atoms with Crippen LogP contribution in [0.4, 0.5) is 4.39 Å². The van der Waals surface area contributed by atoms with Gasteiger partial charge in [0.25, 0.3) is 16.7 Å². The van der Waals surface area contributed by atoms with Crippen LogP contribution in [-0.4, -0.2) is 28.7 Å². The maximum absolute atomic E-state index is 13.0. The maximum atomic E-state index is 13.0. The highest BCUT2D eigenvalue weighted by Gasteiger charge is 2.15. The molecule has 0 unspecified atom stereocenters. The number of benzene rings is 6. The summed E-state index contributed by atoms with van der Waals surface area (Å²) in [6, 6.07) is 43.9. The van der Waals surface area contributed by atoms with Gasteiger partial charge in [0.05, 0.1) is 38.1 Å². The lowest BCUT2D eigenvalue weighted by atomic mass is 10.1. The highest BCUT2D eigenvalue weighted by molar-refractivity contribution is 6.33. The summed E-state index contributed by atoms with van der Waals surface area (Å²) in [7, 11) is 0. The Labute approximate surface area is 350 Å². The average Bonchev–Trinajstić information content (AvgIpc) is 3.27. The van der Waals surface area contributed by atoms with Gasteiger partial charge in [0, 0.05) is 36.3 Å². The summed E-state index contributed by atoms with van der Waals surface area (Å²) < 4.78 is 18.2. The molecule has 11 heteroatoms. The predicted octanol–water partition coefficient (Wildman–Crippen LogP) is 10.4. The van der Waals surface area contributed by atoms with Gasteiger partial charge >= 0.3 is 0 Å². The van der Waals surface area contributed by atoms with Crippen molar-refractivity contribution in [3.63, 3.8) is 0 Å². The molecule has 6 aromatic carbocycles. The zero-order chi connectivity index (χ0) is 42.3. The Balaban J connectivity index is 0.000000136. The van der Waals surface area contributed by atoms with Crippen LogP contribution in [-0.2, 0) is 19.6 Å². The number of halogens is 2. The molecule has 9 nitrogen and oxygen atoms in total. The van der Waals surface area contributed by atoms with Crippen molar-refractivity contribution in [2.45, 2.75) is 47.3 Å². The monoisotopic (exact) mass is 816 g/mol. The van der Waals surface area contributed by atoms with Gasteiger partial charge in [0.1, 0.15) is 22.9 Å². The number of aromatic nitrogens is 6. The Bertz CT molecular complexity index is 3020.